The highest BCUT2D eigenvalue weighted by molar-refractivity contribution is 5.80. The minimum absolute atomic E-state index is 0.111. The molecule has 1 fully saturated rings. The van der Waals surface area contributed by atoms with Crippen LogP contribution in [0.4, 0.5) is 0 Å². The Labute approximate surface area is 522 Å². The molecule has 6 N–H and O–H groups in total. The van der Waals surface area contributed by atoms with Gasteiger partial charge >= 0.3 is 5.97 Å². The number of esters is 1. The Balaban J connectivity index is 2.56. The topological polar surface area (TPSA) is 175 Å². The van der Waals surface area contributed by atoms with Gasteiger partial charge in [-0.3, -0.25) is 9.59 Å². The van der Waals surface area contributed by atoms with Gasteiger partial charge in [-0.25, -0.2) is 0 Å². The molecule has 0 aromatic heterocycles. The van der Waals surface area contributed by atoms with Gasteiger partial charge in [-0.05, 0) is 70.6 Å². The number of ether oxygens (including phenoxy) is 3. The molecule has 1 saturated heterocycles. The molecule has 0 radical (unpaired) electrons. The van der Waals surface area contributed by atoms with Gasteiger partial charge < -0.3 is 45.1 Å². The highest BCUT2D eigenvalue weighted by Crippen LogP contribution is 2.26. The normalized spacial score (nSPS) is 18.7. The lowest BCUT2D eigenvalue weighted by Crippen LogP contribution is -2.61. The first-order chi connectivity index (χ1) is 41.7. The van der Waals surface area contributed by atoms with Gasteiger partial charge in [0.25, 0.3) is 0 Å². The van der Waals surface area contributed by atoms with E-state index in [-0.39, 0.29) is 13.0 Å². The third kappa shape index (κ3) is 48.9. The predicted molar refractivity (Wildman–Crippen MR) is 356 cm³/mol. The standard InChI is InChI=1S/C74H135NO10/c1-4-7-10-13-16-19-22-24-26-28-30-32-34-36-38-40-42-44-47-50-53-56-59-62-69(79)85-72-71(81)70(80)68(63-76)84-74(72)83-64-65(66(77)60-57-54-51-48-45-21-18-15-12-9-6-3)75-73(82)67(78)61-58-55-52-49-46-43-41-39-37-35-33-31-29-27-25-23-20-17-14-11-8-5-2/h16,19,24,26,30,32,36,38,57,60,65-68,70-72,74,76-78,80-81H,4-15,17-18,20-23,25,27-29,31,33-35,37,39-56,58-59,61-64H2,1-3H3,(H,75,82)/b19-16-,26-24-,32-30-,38-36-,60-57+. The van der Waals surface area contributed by atoms with E-state index in [1.165, 1.54) is 186 Å². The molecule has 1 amide bonds. The van der Waals surface area contributed by atoms with Gasteiger partial charge in [0, 0.05) is 6.42 Å². The summed E-state index contributed by atoms with van der Waals surface area (Å²) in [6, 6.07) is -1.03. The van der Waals surface area contributed by atoms with Crippen LogP contribution in [0.15, 0.2) is 60.8 Å². The predicted octanol–water partition coefficient (Wildman–Crippen LogP) is 18.5. The molecule has 0 aromatic carbocycles. The average molecular weight is 1200 g/mol. The fourth-order valence-corrected chi connectivity index (χ4v) is 11.2. The molecule has 0 aliphatic carbocycles. The van der Waals surface area contributed by atoms with Gasteiger partial charge in [-0.2, -0.15) is 0 Å². The van der Waals surface area contributed by atoms with E-state index in [1.807, 2.05) is 6.08 Å². The Morgan fingerprint density at radius 2 is 0.812 bits per heavy atom. The number of hydrogen-bond donors (Lipinski definition) is 6. The monoisotopic (exact) mass is 1200 g/mol. The Morgan fingerprint density at radius 3 is 1.24 bits per heavy atom. The van der Waals surface area contributed by atoms with E-state index in [4.69, 9.17) is 14.2 Å². The number of carbonyl (C=O) groups excluding carboxylic acids is 2. The molecule has 1 aliphatic heterocycles. The van der Waals surface area contributed by atoms with Crippen LogP contribution in [0, 0.1) is 0 Å². The molecule has 496 valence electrons. The van der Waals surface area contributed by atoms with E-state index in [9.17, 15) is 35.1 Å². The maximum absolute atomic E-state index is 13.5. The molecular weight excluding hydrogens is 1060 g/mol. The van der Waals surface area contributed by atoms with Crippen LogP contribution in [0.2, 0.25) is 0 Å². The zero-order chi connectivity index (χ0) is 61.7. The maximum atomic E-state index is 13.5. The van der Waals surface area contributed by atoms with Crippen LogP contribution < -0.4 is 5.32 Å². The van der Waals surface area contributed by atoms with E-state index in [2.05, 4.69) is 74.7 Å². The highest BCUT2D eigenvalue weighted by Gasteiger charge is 2.47. The van der Waals surface area contributed by atoms with Crippen molar-refractivity contribution in [2.45, 2.75) is 384 Å². The minimum Gasteiger partial charge on any atom is -0.454 e. The number of hydrogen-bond acceptors (Lipinski definition) is 10. The van der Waals surface area contributed by atoms with Gasteiger partial charge in [-0.15, -0.1) is 0 Å². The van der Waals surface area contributed by atoms with Gasteiger partial charge in [0.05, 0.1) is 25.4 Å². The lowest BCUT2D eigenvalue weighted by molar-refractivity contribution is -0.305. The maximum Gasteiger partial charge on any atom is 0.306 e. The molecular formula is C74H135NO10. The molecule has 0 aromatic rings. The summed E-state index contributed by atoms with van der Waals surface area (Å²) in [4.78, 5) is 26.7. The first-order valence-electron chi connectivity index (χ1n) is 36.1. The second-order valence-corrected chi connectivity index (χ2v) is 25.0. The first kappa shape index (κ1) is 80.4. The molecule has 1 rings (SSSR count). The number of allylic oxidation sites excluding steroid dienone is 9. The number of rotatable bonds is 62. The summed E-state index contributed by atoms with van der Waals surface area (Å²) in [5, 5.41) is 57.2. The van der Waals surface area contributed by atoms with Crippen molar-refractivity contribution in [1.82, 2.24) is 5.32 Å². The summed E-state index contributed by atoms with van der Waals surface area (Å²) >= 11 is 0. The van der Waals surface area contributed by atoms with Gasteiger partial charge in [0.1, 0.15) is 24.4 Å². The third-order valence-electron chi connectivity index (χ3n) is 16.9. The van der Waals surface area contributed by atoms with Crippen LogP contribution in [0.1, 0.15) is 335 Å². The van der Waals surface area contributed by atoms with Crippen LogP contribution >= 0.6 is 0 Å². The van der Waals surface area contributed by atoms with E-state index < -0.39 is 67.4 Å². The summed E-state index contributed by atoms with van der Waals surface area (Å²) in [5.74, 6) is -1.19. The Kier molecular flexibility index (Phi) is 58.2. The van der Waals surface area contributed by atoms with E-state index >= 15 is 0 Å². The molecule has 11 nitrogen and oxygen atoms in total. The fraction of sp³-hybridized carbons (Fsp3) is 0.838. The van der Waals surface area contributed by atoms with Gasteiger partial charge in [-0.1, -0.05) is 319 Å². The smallest absolute Gasteiger partial charge is 0.306 e. The van der Waals surface area contributed by atoms with Gasteiger partial charge in [0.15, 0.2) is 12.4 Å². The second kappa shape index (κ2) is 61.6. The zero-order valence-electron chi connectivity index (χ0n) is 55.2. The van der Waals surface area contributed by atoms with Crippen molar-refractivity contribution >= 4 is 11.9 Å². The molecule has 8 atom stereocenters. The summed E-state index contributed by atoms with van der Waals surface area (Å²) in [6.07, 6.45) is 68.3. The Bertz CT molecular complexity index is 1620. The van der Waals surface area contributed by atoms with Crippen molar-refractivity contribution in [3.63, 3.8) is 0 Å². The summed E-state index contributed by atoms with van der Waals surface area (Å²) < 4.78 is 17.7. The van der Waals surface area contributed by atoms with Crippen molar-refractivity contribution < 1.29 is 49.3 Å². The SMILES string of the molecule is CCCCC/C=C\C/C=C\C/C=C\C/C=C\CCCCCCCCCC(=O)OC1C(OCC(NC(=O)C(O)CCCCCCCCCCCCCCCCCCCCCCCC)C(O)/C=C/CCCCCCCCCCC)OC(CO)C(O)C1O. The quantitative estimate of drug-likeness (QED) is 0.0195. The van der Waals surface area contributed by atoms with Crippen LogP contribution in [0.3, 0.4) is 0 Å². The number of aliphatic hydroxyl groups is 5. The number of aliphatic hydroxyl groups excluding tert-OH is 5. The molecule has 0 saturated carbocycles. The largest absolute Gasteiger partial charge is 0.454 e. The lowest BCUT2D eigenvalue weighted by Gasteiger charge is -2.41. The van der Waals surface area contributed by atoms with E-state index in [0.29, 0.717) is 19.3 Å². The van der Waals surface area contributed by atoms with Crippen molar-refractivity contribution in [1.29, 1.82) is 0 Å². The van der Waals surface area contributed by atoms with Crippen LogP contribution in [-0.4, -0.2) is 99.6 Å². The second-order valence-electron chi connectivity index (χ2n) is 25.0. The molecule has 8 unspecified atom stereocenters. The summed E-state index contributed by atoms with van der Waals surface area (Å²) in [6.45, 7) is 5.79. The van der Waals surface area contributed by atoms with Gasteiger partial charge in [0.2, 0.25) is 5.91 Å². The Morgan fingerprint density at radius 1 is 0.459 bits per heavy atom. The summed E-state index contributed by atoms with van der Waals surface area (Å²) in [5.41, 5.74) is 0. The van der Waals surface area contributed by atoms with Crippen molar-refractivity contribution in [2.24, 2.45) is 0 Å². The lowest BCUT2D eigenvalue weighted by atomic mass is 9.99. The number of nitrogens with one attached hydrogen (secondary N) is 1. The highest BCUT2D eigenvalue weighted by atomic mass is 16.7. The number of unbranched alkanes of at least 4 members (excludes halogenated alkanes) is 40. The first-order valence-corrected chi connectivity index (χ1v) is 36.1. The van der Waals surface area contributed by atoms with E-state index in [1.54, 1.807) is 6.08 Å². The van der Waals surface area contributed by atoms with Crippen LogP contribution in [0.5, 0.6) is 0 Å². The van der Waals surface area contributed by atoms with E-state index in [0.717, 1.165) is 103 Å². The van der Waals surface area contributed by atoms with Crippen molar-refractivity contribution in [3.8, 4) is 0 Å². The van der Waals surface area contributed by atoms with Crippen LogP contribution in [0.25, 0.3) is 0 Å². The molecule has 85 heavy (non-hydrogen) atoms. The molecule has 11 heteroatoms. The van der Waals surface area contributed by atoms with Crippen molar-refractivity contribution in [2.75, 3.05) is 13.2 Å². The number of amides is 1. The molecule has 1 aliphatic rings. The van der Waals surface area contributed by atoms with Crippen molar-refractivity contribution in [3.05, 3.63) is 60.8 Å². The molecule has 0 bridgehead atoms. The Hall–Kier alpha value is -2.64. The number of carbonyl (C=O) groups is 2. The summed E-state index contributed by atoms with van der Waals surface area (Å²) in [7, 11) is 0. The zero-order valence-corrected chi connectivity index (χ0v) is 55.2. The average Bonchev–Trinajstić information content (AvgIpc) is 2.90. The fourth-order valence-electron chi connectivity index (χ4n) is 11.2. The van der Waals surface area contributed by atoms with Crippen LogP contribution in [-0.2, 0) is 23.8 Å². The molecule has 0 spiro atoms. The minimum atomic E-state index is -1.62. The molecule has 1 heterocycles. The third-order valence-corrected chi connectivity index (χ3v) is 16.9.